The highest BCUT2D eigenvalue weighted by molar-refractivity contribution is 7.07. The van der Waals surface area contributed by atoms with E-state index in [-0.39, 0.29) is 18.1 Å². The maximum atomic E-state index is 12.4. The SMILES string of the molecule is CN(C)C(CNC(=O)c1ccc(OCC2CCCO2)cc1)c1ccsc1. The molecule has 1 saturated heterocycles. The second kappa shape index (κ2) is 9.16. The molecular formula is C20H26N2O3S. The van der Waals surface area contributed by atoms with Gasteiger partial charge in [-0.3, -0.25) is 4.79 Å². The molecule has 1 aliphatic rings. The van der Waals surface area contributed by atoms with Crippen LogP contribution in [-0.4, -0.2) is 50.8 Å². The predicted octanol–water partition coefficient (Wildman–Crippen LogP) is 3.34. The van der Waals surface area contributed by atoms with E-state index in [1.54, 1.807) is 23.5 Å². The van der Waals surface area contributed by atoms with Gasteiger partial charge in [0.15, 0.2) is 0 Å². The number of carbonyl (C=O) groups is 1. The fourth-order valence-electron chi connectivity index (χ4n) is 3.02. The molecular weight excluding hydrogens is 348 g/mol. The Morgan fingerprint density at radius 2 is 2.15 bits per heavy atom. The van der Waals surface area contributed by atoms with Gasteiger partial charge >= 0.3 is 0 Å². The first-order chi connectivity index (χ1) is 12.6. The summed E-state index contributed by atoms with van der Waals surface area (Å²) in [6.45, 7) is 1.96. The summed E-state index contributed by atoms with van der Waals surface area (Å²) in [6.07, 6.45) is 2.35. The number of likely N-dealkylation sites (N-methyl/N-ethyl adjacent to an activating group) is 1. The Balaban J connectivity index is 1.50. The van der Waals surface area contributed by atoms with E-state index in [2.05, 4.69) is 27.0 Å². The number of thiophene rings is 1. The number of nitrogens with one attached hydrogen (secondary N) is 1. The van der Waals surface area contributed by atoms with E-state index in [1.165, 1.54) is 5.56 Å². The molecule has 1 N–H and O–H groups in total. The Bertz CT molecular complexity index is 680. The van der Waals surface area contributed by atoms with Gasteiger partial charge in [-0.15, -0.1) is 0 Å². The summed E-state index contributed by atoms with van der Waals surface area (Å²) in [5, 5.41) is 7.21. The lowest BCUT2D eigenvalue weighted by atomic mass is 10.1. The number of rotatable bonds is 8. The third kappa shape index (κ3) is 5.06. The molecule has 140 valence electrons. The smallest absolute Gasteiger partial charge is 0.251 e. The van der Waals surface area contributed by atoms with Crippen LogP contribution in [0, 0.1) is 0 Å². The van der Waals surface area contributed by atoms with Crippen molar-refractivity contribution in [3.8, 4) is 5.75 Å². The van der Waals surface area contributed by atoms with Crippen molar-refractivity contribution in [2.75, 3.05) is 33.9 Å². The highest BCUT2D eigenvalue weighted by atomic mass is 32.1. The topological polar surface area (TPSA) is 50.8 Å². The summed E-state index contributed by atoms with van der Waals surface area (Å²) >= 11 is 1.67. The van der Waals surface area contributed by atoms with E-state index in [9.17, 15) is 4.79 Å². The van der Waals surface area contributed by atoms with Gasteiger partial charge in [-0.05, 0) is 73.6 Å². The molecule has 2 heterocycles. The van der Waals surface area contributed by atoms with E-state index in [4.69, 9.17) is 9.47 Å². The van der Waals surface area contributed by atoms with Crippen molar-refractivity contribution in [2.45, 2.75) is 25.0 Å². The van der Waals surface area contributed by atoms with Crippen molar-refractivity contribution in [3.63, 3.8) is 0 Å². The predicted molar refractivity (Wildman–Crippen MR) is 104 cm³/mol. The number of nitrogens with zero attached hydrogens (tertiary/aromatic N) is 1. The van der Waals surface area contributed by atoms with E-state index in [1.807, 2.05) is 26.2 Å². The average molecular weight is 375 g/mol. The quantitative estimate of drug-likeness (QED) is 0.770. The van der Waals surface area contributed by atoms with Gasteiger partial charge in [0, 0.05) is 18.7 Å². The van der Waals surface area contributed by atoms with Crippen LogP contribution in [0.4, 0.5) is 0 Å². The van der Waals surface area contributed by atoms with Crippen LogP contribution in [0.5, 0.6) is 5.75 Å². The number of carbonyl (C=O) groups excluding carboxylic acids is 1. The lowest BCUT2D eigenvalue weighted by Gasteiger charge is -2.24. The van der Waals surface area contributed by atoms with Crippen LogP contribution in [0.2, 0.25) is 0 Å². The van der Waals surface area contributed by atoms with Crippen molar-refractivity contribution in [1.29, 1.82) is 0 Å². The Morgan fingerprint density at radius 1 is 1.35 bits per heavy atom. The van der Waals surface area contributed by atoms with Crippen LogP contribution in [0.15, 0.2) is 41.1 Å². The molecule has 6 heteroatoms. The zero-order valence-electron chi connectivity index (χ0n) is 15.3. The van der Waals surface area contributed by atoms with E-state index < -0.39 is 0 Å². The summed E-state index contributed by atoms with van der Waals surface area (Å²) in [5.41, 5.74) is 1.86. The van der Waals surface area contributed by atoms with Gasteiger partial charge in [-0.2, -0.15) is 11.3 Å². The molecule has 1 aromatic heterocycles. The van der Waals surface area contributed by atoms with Crippen molar-refractivity contribution in [3.05, 3.63) is 52.2 Å². The summed E-state index contributed by atoms with van der Waals surface area (Å²) in [6, 6.07) is 9.55. The standard InChI is InChI=1S/C20H26N2O3S/c1-22(2)19(16-9-11-26-14-16)12-21-20(23)15-5-7-17(8-6-15)25-13-18-4-3-10-24-18/h5-9,11,14,18-19H,3-4,10,12-13H2,1-2H3,(H,21,23). The molecule has 26 heavy (non-hydrogen) atoms. The van der Waals surface area contributed by atoms with Crippen LogP contribution >= 0.6 is 11.3 Å². The largest absolute Gasteiger partial charge is 0.491 e. The molecule has 1 aromatic carbocycles. The van der Waals surface area contributed by atoms with Crippen LogP contribution < -0.4 is 10.1 Å². The minimum Gasteiger partial charge on any atom is -0.491 e. The van der Waals surface area contributed by atoms with Gasteiger partial charge in [-0.25, -0.2) is 0 Å². The van der Waals surface area contributed by atoms with Crippen molar-refractivity contribution in [2.24, 2.45) is 0 Å². The molecule has 5 nitrogen and oxygen atoms in total. The highest BCUT2D eigenvalue weighted by Crippen LogP contribution is 2.20. The van der Waals surface area contributed by atoms with Crippen molar-refractivity contribution in [1.82, 2.24) is 10.2 Å². The highest BCUT2D eigenvalue weighted by Gasteiger charge is 2.17. The minimum atomic E-state index is -0.0715. The number of amides is 1. The van der Waals surface area contributed by atoms with Crippen LogP contribution in [-0.2, 0) is 4.74 Å². The Labute approximate surface area is 158 Å². The fraction of sp³-hybridized carbons (Fsp3) is 0.450. The molecule has 0 spiro atoms. The molecule has 2 atom stereocenters. The minimum absolute atomic E-state index is 0.0715. The molecule has 1 fully saturated rings. The number of hydrogen-bond acceptors (Lipinski definition) is 5. The van der Waals surface area contributed by atoms with E-state index in [0.717, 1.165) is 25.2 Å². The van der Waals surface area contributed by atoms with Gasteiger partial charge in [0.2, 0.25) is 0 Å². The number of hydrogen-bond donors (Lipinski definition) is 1. The van der Waals surface area contributed by atoms with Crippen molar-refractivity contribution < 1.29 is 14.3 Å². The second-order valence-electron chi connectivity index (χ2n) is 6.72. The molecule has 2 unspecified atom stereocenters. The number of benzene rings is 1. The van der Waals surface area contributed by atoms with Crippen LogP contribution in [0.25, 0.3) is 0 Å². The first-order valence-corrected chi connectivity index (χ1v) is 9.89. The van der Waals surface area contributed by atoms with Crippen LogP contribution in [0.3, 0.4) is 0 Å². The second-order valence-corrected chi connectivity index (χ2v) is 7.50. The van der Waals surface area contributed by atoms with Gasteiger partial charge < -0.3 is 19.7 Å². The first-order valence-electron chi connectivity index (χ1n) is 8.94. The Kier molecular flexibility index (Phi) is 6.66. The summed E-state index contributed by atoms with van der Waals surface area (Å²) in [7, 11) is 4.05. The monoisotopic (exact) mass is 374 g/mol. The third-order valence-electron chi connectivity index (χ3n) is 4.58. The Morgan fingerprint density at radius 3 is 2.77 bits per heavy atom. The maximum absolute atomic E-state index is 12.4. The summed E-state index contributed by atoms with van der Waals surface area (Å²) in [5.74, 6) is 0.694. The third-order valence-corrected chi connectivity index (χ3v) is 5.29. The molecule has 1 amide bonds. The van der Waals surface area contributed by atoms with Gasteiger partial charge in [0.05, 0.1) is 12.1 Å². The average Bonchev–Trinajstić information content (AvgIpc) is 3.34. The first kappa shape index (κ1) is 18.9. The fourth-order valence-corrected chi connectivity index (χ4v) is 3.73. The molecule has 0 saturated carbocycles. The lowest BCUT2D eigenvalue weighted by Crippen LogP contribution is -2.34. The Hall–Kier alpha value is -1.89. The molecule has 2 aromatic rings. The van der Waals surface area contributed by atoms with Gasteiger partial charge in [0.1, 0.15) is 12.4 Å². The zero-order valence-corrected chi connectivity index (χ0v) is 16.1. The zero-order chi connectivity index (χ0) is 18.4. The maximum Gasteiger partial charge on any atom is 0.251 e. The van der Waals surface area contributed by atoms with Gasteiger partial charge in [-0.1, -0.05) is 0 Å². The van der Waals surface area contributed by atoms with Crippen LogP contribution in [0.1, 0.15) is 34.8 Å². The van der Waals surface area contributed by atoms with E-state index >= 15 is 0 Å². The molecule has 0 bridgehead atoms. The molecule has 3 rings (SSSR count). The normalized spacial score (nSPS) is 18.0. The summed E-state index contributed by atoms with van der Waals surface area (Å²) < 4.78 is 11.3. The van der Waals surface area contributed by atoms with Crippen molar-refractivity contribution >= 4 is 17.2 Å². The summed E-state index contributed by atoms with van der Waals surface area (Å²) in [4.78, 5) is 14.5. The number of ether oxygens (including phenoxy) is 2. The molecule has 0 radical (unpaired) electrons. The molecule has 0 aliphatic carbocycles. The molecule has 1 aliphatic heterocycles. The lowest BCUT2D eigenvalue weighted by molar-refractivity contribution is 0.0679. The van der Waals surface area contributed by atoms with E-state index in [0.29, 0.717) is 18.7 Å². The van der Waals surface area contributed by atoms with Gasteiger partial charge in [0.25, 0.3) is 5.91 Å².